The van der Waals surface area contributed by atoms with Crippen LogP contribution in [0.3, 0.4) is 0 Å². The van der Waals surface area contributed by atoms with Crippen molar-refractivity contribution in [2.75, 3.05) is 17.3 Å². The Balaban J connectivity index is 2.73. The molecule has 0 aromatic carbocycles. The number of nitrogens with zero attached hydrogens (tertiary/aromatic N) is 2. The normalized spacial score (nSPS) is 11.3. The molecule has 6 heteroatoms. The third kappa shape index (κ3) is 4.09. The summed E-state index contributed by atoms with van der Waals surface area (Å²) in [5.41, 5.74) is 1.67. The molecule has 0 radical (unpaired) electrons. The van der Waals surface area contributed by atoms with E-state index in [1.165, 1.54) is 0 Å². The molecule has 84 valence electrons. The van der Waals surface area contributed by atoms with Crippen molar-refractivity contribution in [1.29, 1.82) is 0 Å². The minimum atomic E-state index is -0.783. The SMILES string of the molecule is Cc1nc(NN)cc(NCC(C)(C)O)n1. The summed E-state index contributed by atoms with van der Waals surface area (Å²) in [6.07, 6.45) is 0. The second-order valence-corrected chi connectivity index (χ2v) is 4.00. The smallest absolute Gasteiger partial charge is 0.145 e. The number of aromatic nitrogens is 2. The highest BCUT2D eigenvalue weighted by Gasteiger charge is 2.12. The first-order chi connectivity index (χ1) is 6.90. The van der Waals surface area contributed by atoms with E-state index in [1.54, 1.807) is 26.8 Å². The number of hydrazine groups is 1. The number of nitrogens with one attached hydrogen (secondary N) is 2. The largest absolute Gasteiger partial charge is 0.389 e. The van der Waals surface area contributed by atoms with E-state index >= 15 is 0 Å². The monoisotopic (exact) mass is 211 g/mol. The average molecular weight is 211 g/mol. The summed E-state index contributed by atoms with van der Waals surface area (Å²) >= 11 is 0. The summed E-state index contributed by atoms with van der Waals surface area (Å²) < 4.78 is 0. The second-order valence-electron chi connectivity index (χ2n) is 4.00. The van der Waals surface area contributed by atoms with Gasteiger partial charge in [-0.05, 0) is 20.8 Å². The number of nitrogen functional groups attached to an aromatic ring is 1. The number of nitrogens with two attached hydrogens (primary N) is 1. The predicted molar refractivity (Wildman–Crippen MR) is 59.4 cm³/mol. The Hall–Kier alpha value is -1.40. The average Bonchev–Trinajstić information content (AvgIpc) is 2.13. The Morgan fingerprint density at radius 1 is 1.40 bits per heavy atom. The highest BCUT2D eigenvalue weighted by Crippen LogP contribution is 2.11. The number of anilines is 2. The Kier molecular flexibility index (Phi) is 3.43. The van der Waals surface area contributed by atoms with Gasteiger partial charge in [-0.1, -0.05) is 0 Å². The fraction of sp³-hybridized carbons (Fsp3) is 0.556. The lowest BCUT2D eigenvalue weighted by molar-refractivity contribution is 0.0944. The van der Waals surface area contributed by atoms with Gasteiger partial charge in [-0.2, -0.15) is 0 Å². The first kappa shape index (κ1) is 11.7. The molecule has 6 nitrogen and oxygen atoms in total. The van der Waals surface area contributed by atoms with Crippen molar-refractivity contribution in [3.63, 3.8) is 0 Å². The summed E-state index contributed by atoms with van der Waals surface area (Å²) in [5, 5.41) is 12.5. The maximum absolute atomic E-state index is 9.53. The molecule has 0 aliphatic rings. The topological polar surface area (TPSA) is 96.1 Å². The minimum absolute atomic E-state index is 0.410. The summed E-state index contributed by atoms with van der Waals surface area (Å²) in [4.78, 5) is 8.20. The number of aryl methyl sites for hydroxylation is 1. The van der Waals surface area contributed by atoms with Gasteiger partial charge in [0.25, 0.3) is 0 Å². The zero-order valence-electron chi connectivity index (χ0n) is 9.20. The molecular formula is C9H17N5O. The van der Waals surface area contributed by atoms with Gasteiger partial charge in [0.1, 0.15) is 17.5 Å². The lowest BCUT2D eigenvalue weighted by Gasteiger charge is -2.18. The molecule has 0 unspecified atom stereocenters. The summed E-state index contributed by atoms with van der Waals surface area (Å²) in [6, 6.07) is 1.68. The zero-order valence-corrected chi connectivity index (χ0v) is 9.20. The van der Waals surface area contributed by atoms with Gasteiger partial charge in [-0.3, -0.25) is 0 Å². The van der Waals surface area contributed by atoms with Crippen LogP contribution in [0.5, 0.6) is 0 Å². The van der Waals surface area contributed by atoms with Crippen molar-refractivity contribution < 1.29 is 5.11 Å². The van der Waals surface area contributed by atoms with Crippen LogP contribution >= 0.6 is 0 Å². The van der Waals surface area contributed by atoms with Crippen molar-refractivity contribution in [2.45, 2.75) is 26.4 Å². The third-order valence-electron chi connectivity index (χ3n) is 1.69. The lowest BCUT2D eigenvalue weighted by atomic mass is 10.1. The highest BCUT2D eigenvalue weighted by molar-refractivity contribution is 5.46. The molecule has 1 heterocycles. The Morgan fingerprint density at radius 3 is 2.53 bits per heavy atom. The molecule has 0 amide bonds. The summed E-state index contributed by atoms with van der Waals surface area (Å²) in [6.45, 7) is 5.62. The molecule has 1 rings (SSSR count). The van der Waals surface area contributed by atoms with Gasteiger partial charge < -0.3 is 15.8 Å². The van der Waals surface area contributed by atoms with Crippen LogP contribution in [0.4, 0.5) is 11.6 Å². The Labute approximate surface area is 88.9 Å². The minimum Gasteiger partial charge on any atom is -0.389 e. The molecule has 0 saturated heterocycles. The van der Waals surface area contributed by atoms with E-state index in [2.05, 4.69) is 20.7 Å². The van der Waals surface area contributed by atoms with E-state index in [4.69, 9.17) is 5.84 Å². The van der Waals surface area contributed by atoms with Gasteiger partial charge in [0, 0.05) is 12.6 Å². The molecule has 1 aromatic heterocycles. The summed E-state index contributed by atoms with van der Waals surface area (Å²) in [7, 11) is 0. The molecule has 0 bridgehead atoms. The third-order valence-corrected chi connectivity index (χ3v) is 1.69. The number of hydrogen-bond acceptors (Lipinski definition) is 6. The van der Waals surface area contributed by atoms with Crippen LogP contribution in [-0.2, 0) is 0 Å². The first-order valence-electron chi connectivity index (χ1n) is 4.69. The van der Waals surface area contributed by atoms with Crippen molar-refractivity contribution in [3.05, 3.63) is 11.9 Å². The molecule has 1 aromatic rings. The van der Waals surface area contributed by atoms with E-state index in [9.17, 15) is 5.11 Å². The van der Waals surface area contributed by atoms with Crippen LogP contribution in [0.1, 0.15) is 19.7 Å². The summed E-state index contributed by atoms with van der Waals surface area (Å²) in [5.74, 6) is 7.05. The molecular weight excluding hydrogens is 194 g/mol. The van der Waals surface area contributed by atoms with E-state index in [0.717, 1.165) is 0 Å². The molecule has 0 fully saturated rings. The quantitative estimate of drug-likeness (QED) is 0.421. The van der Waals surface area contributed by atoms with E-state index < -0.39 is 5.60 Å². The van der Waals surface area contributed by atoms with Crippen molar-refractivity contribution in [1.82, 2.24) is 9.97 Å². The van der Waals surface area contributed by atoms with Crippen LogP contribution in [-0.4, -0.2) is 27.2 Å². The maximum atomic E-state index is 9.53. The lowest BCUT2D eigenvalue weighted by Crippen LogP contribution is -2.29. The maximum Gasteiger partial charge on any atom is 0.145 e. The molecule has 0 aliphatic carbocycles. The molecule has 0 aliphatic heterocycles. The van der Waals surface area contributed by atoms with Gasteiger partial charge >= 0.3 is 0 Å². The second kappa shape index (κ2) is 4.41. The Morgan fingerprint density at radius 2 is 2.00 bits per heavy atom. The van der Waals surface area contributed by atoms with E-state index in [0.29, 0.717) is 24.0 Å². The van der Waals surface area contributed by atoms with Crippen molar-refractivity contribution >= 4 is 11.6 Å². The van der Waals surface area contributed by atoms with E-state index in [-0.39, 0.29) is 0 Å². The standard InChI is InChI=1S/C9H17N5O/c1-6-12-7(4-8(13-6)14-10)11-5-9(2,3)15/h4,15H,5,10H2,1-3H3,(H2,11,12,13,14). The van der Waals surface area contributed by atoms with Gasteiger partial charge in [-0.25, -0.2) is 15.8 Å². The van der Waals surface area contributed by atoms with Gasteiger partial charge in [-0.15, -0.1) is 0 Å². The predicted octanol–water partition coefficient (Wildman–Crippen LogP) is 0.253. The van der Waals surface area contributed by atoms with Crippen molar-refractivity contribution in [2.24, 2.45) is 5.84 Å². The molecule has 0 saturated carbocycles. The molecule has 0 spiro atoms. The fourth-order valence-electron chi connectivity index (χ4n) is 1.04. The molecule has 5 N–H and O–H groups in total. The zero-order chi connectivity index (χ0) is 11.5. The number of aliphatic hydroxyl groups is 1. The van der Waals surface area contributed by atoms with Gasteiger partial charge in [0.05, 0.1) is 5.60 Å². The van der Waals surface area contributed by atoms with E-state index in [1.807, 2.05) is 0 Å². The Bertz CT molecular complexity index is 334. The number of rotatable bonds is 4. The van der Waals surface area contributed by atoms with Crippen LogP contribution in [0.25, 0.3) is 0 Å². The van der Waals surface area contributed by atoms with Crippen LogP contribution < -0.4 is 16.6 Å². The van der Waals surface area contributed by atoms with Crippen LogP contribution in [0, 0.1) is 6.92 Å². The molecule has 0 atom stereocenters. The van der Waals surface area contributed by atoms with Gasteiger partial charge in [0.15, 0.2) is 0 Å². The highest BCUT2D eigenvalue weighted by atomic mass is 16.3. The number of hydrogen-bond donors (Lipinski definition) is 4. The van der Waals surface area contributed by atoms with Crippen LogP contribution in [0.15, 0.2) is 6.07 Å². The first-order valence-corrected chi connectivity index (χ1v) is 4.69. The van der Waals surface area contributed by atoms with Crippen LogP contribution in [0.2, 0.25) is 0 Å². The molecule has 15 heavy (non-hydrogen) atoms. The fourth-order valence-corrected chi connectivity index (χ4v) is 1.04. The van der Waals surface area contributed by atoms with Gasteiger partial charge in [0.2, 0.25) is 0 Å². The van der Waals surface area contributed by atoms with Crippen molar-refractivity contribution in [3.8, 4) is 0 Å².